The monoisotopic (exact) mass is 189 g/mol. The van der Waals surface area contributed by atoms with Gasteiger partial charge in [0.15, 0.2) is 6.21 Å². The molecule has 2 nitrogen and oxygen atoms in total. The van der Waals surface area contributed by atoms with E-state index < -0.39 is 0 Å². The van der Waals surface area contributed by atoms with Gasteiger partial charge in [-0.25, -0.2) is 0 Å². The van der Waals surface area contributed by atoms with Crippen molar-refractivity contribution >= 4 is 11.9 Å². The zero-order valence-corrected chi connectivity index (χ0v) is 8.82. The maximum atomic E-state index is 11.5. The lowest BCUT2D eigenvalue weighted by atomic mass is 10.2. The van der Waals surface area contributed by atoms with Gasteiger partial charge < -0.3 is 5.21 Å². The summed E-state index contributed by atoms with van der Waals surface area (Å²) in [4.78, 5) is 0. The molecule has 0 saturated heterocycles. The summed E-state index contributed by atoms with van der Waals surface area (Å²) in [6.45, 7) is 5.91. The maximum Gasteiger partial charge on any atom is 0.216 e. The van der Waals surface area contributed by atoms with Crippen LogP contribution >= 0.6 is 0 Å². The van der Waals surface area contributed by atoms with Crippen LogP contribution in [0.25, 0.3) is 0 Å². The fraction of sp³-hybridized carbons (Fsp3) is 0.250. The summed E-state index contributed by atoms with van der Waals surface area (Å²) in [5, 5.41) is 11.5. The van der Waals surface area contributed by atoms with Gasteiger partial charge in [-0.05, 0) is 20.8 Å². The first-order chi connectivity index (χ1) is 6.59. The highest BCUT2D eigenvalue weighted by molar-refractivity contribution is 5.68. The Morgan fingerprint density at radius 1 is 1.21 bits per heavy atom. The van der Waals surface area contributed by atoms with Gasteiger partial charge in [0.05, 0.1) is 0 Å². The second-order valence-electron chi connectivity index (χ2n) is 3.55. The van der Waals surface area contributed by atoms with Crippen LogP contribution in [0.5, 0.6) is 0 Å². The van der Waals surface area contributed by atoms with E-state index in [0.717, 1.165) is 15.9 Å². The quantitative estimate of drug-likeness (QED) is 0.304. The summed E-state index contributed by atoms with van der Waals surface area (Å²) in [6, 6.07) is 7.49. The molecule has 0 aliphatic rings. The molecule has 0 radical (unpaired) electrons. The maximum absolute atomic E-state index is 11.5. The number of benzene rings is 1. The lowest BCUT2D eigenvalue weighted by molar-refractivity contribution is -0.354. The molecule has 0 unspecified atom stereocenters. The van der Waals surface area contributed by atoms with E-state index in [4.69, 9.17) is 0 Å². The van der Waals surface area contributed by atoms with Gasteiger partial charge in [0.25, 0.3) is 0 Å². The number of allylic oxidation sites excluding steroid dienone is 2. The normalized spacial score (nSPS) is 11.2. The first-order valence-electron chi connectivity index (χ1n) is 4.61. The van der Waals surface area contributed by atoms with E-state index in [1.54, 1.807) is 6.08 Å². The first-order valence-corrected chi connectivity index (χ1v) is 4.61. The van der Waals surface area contributed by atoms with Crippen LogP contribution in [0.3, 0.4) is 0 Å². The minimum atomic E-state index is 0.660. The molecule has 14 heavy (non-hydrogen) atoms. The lowest BCUT2D eigenvalue weighted by Crippen LogP contribution is -1.95. The molecule has 1 aromatic carbocycles. The molecule has 0 heterocycles. The predicted molar refractivity (Wildman–Crippen MR) is 60.0 cm³/mol. The van der Waals surface area contributed by atoms with Gasteiger partial charge in [0.1, 0.15) is 0 Å². The number of nitrogens with zero attached hydrogens (tertiary/aromatic N) is 1. The van der Waals surface area contributed by atoms with E-state index in [1.165, 1.54) is 6.21 Å². The van der Waals surface area contributed by atoms with Crippen molar-refractivity contribution in [3.05, 3.63) is 46.7 Å². The van der Waals surface area contributed by atoms with Crippen molar-refractivity contribution < 1.29 is 4.74 Å². The van der Waals surface area contributed by atoms with Crippen LogP contribution in [-0.4, -0.2) is 11.0 Å². The molecular weight excluding hydrogens is 174 g/mol. The molecule has 0 spiro atoms. The van der Waals surface area contributed by atoms with Crippen LogP contribution in [0.2, 0.25) is 0 Å². The summed E-state index contributed by atoms with van der Waals surface area (Å²) in [5.41, 5.74) is 2.93. The van der Waals surface area contributed by atoms with Crippen molar-refractivity contribution in [2.45, 2.75) is 20.8 Å². The van der Waals surface area contributed by atoms with E-state index in [0.29, 0.717) is 5.69 Å². The van der Waals surface area contributed by atoms with Crippen LogP contribution in [0.15, 0.2) is 35.9 Å². The SMILES string of the molecule is CC(C)=C/C=[N+](\[O-])c1ccc(C)cc1. The molecule has 0 aromatic heterocycles. The number of hydrogen-bond acceptors (Lipinski definition) is 1. The van der Waals surface area contributed by atoms with Gasteiger partial charge in [-0.1, -0.05) is 23.3 Å². The minimum absolute atomic E-state index is 0.660. The molecule has 0 atom stereocenters. The molecular formula is C12H15NO. The predicted octanol–water partition coefficient (Wildman–Crippen LogP) is 3.17. The van der Waals surface area contributed by atoms with Gasteiger partial charge in [-0.15, -0.1) is 0 Å². The molecule has 0 N–H and O–H groups in total. The first kappa shape index (κ1) is 10.5. The Hall–Kier alpha value is -1.57. The Kier molecular flexibility index (Phi) is 3.46. The average Bonchev–Trinajstić information content (AvgIpc) is 2.15. The van der Waals surface area contributed by atoms with E-state index in [1.807, 2.05) is 45.0 Å². The Bertz CT molecular complexity index is 356. The third kappa shape index (κ3) is 3.05. The fourth-order valence-corrected chi connectivity index (χ4v) is 0.995. The van der Waals surface area contributed by atoms with Crippen molar-refractivity contribution in [3.8, 4) is 0 Å². The standard InChI is InChI=1S/C12H15NO/c1-10(2)8-9-13(14)12-6-4-11(3)5-7-12/h4-9H,1-3H3/b13-9-. The zero-order chi connectivity index (χ0) is 10.6. The van der Waals surface area contributed by atoms with Crippen LogP contribution in [0, 0.1) is 12.1 Å². The zero-order valence-electron chi connectivity index (χ0n) is 8.82. The van der Waals surface area contributed by atoms with Gasteiger partial charge in [0, 0.05) is 18.2 Å². The highest BCUT2D eigenvalue weighted by Gasteiger charge is 1.97. The van der Waals surface area contributed by atoms with Gasteiger partial charge in [-0.3, -0.25) is 0 Å². The molecule has 1 rings (SSSR count). The van der Waals surface area contributed by atoms with Crippen molar-refractivity contribution in [1.82, 2.24) is 0 Å². The van der Waals surface area contributed by atoms with Crippen molar-refractivity contribution in [1.29, 1.82) is 0 Å². The third-order valence-electron chi connectivity index (χ3n) is 1.83. The molecule has 2 heteroatoms. The van der Waals surface area contributed by atoms with Crippen molar-refractivity contribution in [2.75, 3.05) is 0 Å². The second kappa shape index (κ2) is 4.61. The Morgan fingerprint density at radius 2 is 1.79 bits per heavy atom. The molecule has 0 fully saturated rings. The Balaban J connectivity index is 2.89. The number of aryl methyl sites for hydroxylation is 1. The number of rotatable bonds is 2. The van der Waals surface area contributed by atoms with Crippen LogP contribution in [0.4, 0.5) is 5.69 Å². The second-order valence-corrected chi connectivity index (χ2v) is 3.55. The summed E-state index contributed by atoms with van der Waals surface area (Å²) in [7, 11) is 0. The smallest absolute Gasteiger partial charge is 0.216 e. The highest BCUT2D eigenvalue weighted by atomic mass is 16.5. The summed E-state index contributed by atoms with van der Waals surface area (Å²) >= 11 is 0. The molecule has 74 valence electrons. The minimum Gasteiger partial charge on any atom is -0.618 e. The topological polar surface area (TPSA) is 26.1 Å². The van der Waals surface area contributed by atoms with E-state index in [9.17, 15) is 5.21 Å². The van der Waals surface area contributed by atoms with Gasteiger partial charge in [-0.2, -0.15) is 4.74 Å². The molecule has 0 saturated carbocycles. The highest BCUT2D eigenvalue weighted by Crippen LogP contribution is 2.11. The van der Waals surface area contributed by atoms with E-state index >= 15 is 0 Å². The van der Waals surface area contributed by atoms with Gasteiger partial charge in [0.2, 0.25) is 5.69 Å². The van der Waals surface area contributed by atoms with E-state index in [-0.39, 0.29) is 0 Å². The molecule has 0 aliphatic carbocycles. The van der Waals surface area contributed by atoms with Gasteiger partial charge >= 0.3 is 0 Å². The summed E-state index contributed by atoms with van der Waals surface area (Å²) in [5.74, 6) is 0. The lowest BCUT2D eigenvalue weighted by Gasteiger charge is -2.01. The average molecular weight is 189 g/mol. The summed E-state index contributed by atoms with van der Waals surface area (Å²) in [6.07, 6.45) is 3.33. The molecule has 0 bridgehead atoms. The van der Waals surface area contributed by atoms with Crippen LogP contribution in [0.1, 0.15) is 19.4 Å². The van der Waals surface area contributed by atoms with Crippen LogP contribution in [-0.2, 0) is 0 Å². The Labute approximate surface area is 84.8 Å². The molecule has 0 amide bonds. The molecule has 1 aromatic rings. The summed E-state index contributed by atoms with van der Waals surface area (Å²) < 4.78 is 0.867. The van der Waals surface area contributed by atoms with Crippen LogP contribution < -0.4 is 0 Å². The third-order valence-corrected chi connectivity index (χ3v) is 1.83. The fourth-order valence-electron chi connectivity index (χ4n) is 0.995. The largest absolute Gasteiger partial charge is 0.618 e. The number of hydrogen-bond donors (Lipinski definition) is 0. The molecule has 0 aliphatic heterocycles. The van der Waals surface area contributed by atoms with E-state index in [2.05, 4.69) is 0 Å². The van der Waals surface area contributed by atoms with Crippen molar-refractivity contribution in [2.24, 2.45) is 0 Å². The van der Waals surface area contributed by atoms with Crippen molar-refractivity contribution in [3.63, 3.8) is 0 Å². The Morgan fingerprint density at radius 3 is 2.29 bits per heavy atom.